The first-order valence-corrected chi connectivity index (χ1v) is 9.52. The minimum absolute atomic E-state index is 0.00725. The number of aromatic nitrogens is 2. The number of hydrogen-bond donors (Lipinski definition) is 0. The Morgan fingerprint density at radius 2 is 2.04 bits per heavy atom. The predicted molar refractivity (Wildman–Crippen MR) is 104 cm³/mol. The minimum atomic E-state index is -0.495. The Bertz CT molecular complexity index is 1030. The fraction of sp³-hybridized carbons (Fsp3) is 0.381. The van der Waals surface area contributed by atoms with Crippen molar-refractivity contribution in [3.63, 3.8) is 0 Å². The van der Waals surface area contributed by atoms with Crippen LogP contribution in [0.1, 0.15) is 18.5 Å². The number of amides is 1. The molecule has 28 heavy (non-hydrogen) atoms. The van der Waals surface area contributed by atoms with Gasteiger partial charge >= 0.3 is 5.76 Å². The number of pyridine rings is 1. The van der Waals surface area contributed by atoms with E-state index in [0.717, 1.165) is 24.3 Å². The van der Waals surface area contributed by atoms with Crippen molar-refractivity contribution >= 4 is 17.0 Å². The predicted octanol–water partition coefficient (Wildman–Crippen LogP) is 2.62. The highest BCUT2D eigenvalue weighted by molar-refractivity contribution is 5.79. The average Bonchev–Trinajstić information content (AvgIpc) is 3.02. The van der Waals surface area contributed by atoms with Crippen LogP contribution in [0, 0.1) is 12.8 Å². The third-order valence-electron chi connectivity index (χ3n) is 5.19. The van der Waals surface area contributed by atoms with Crippen LogP contribution in [0.15, 0.2) is 51.8 Å². The molecule has 0 atom stereocenters. The van der Waals surface area contributed by atoms with Gasteiger partial charge in [-0.05, 0) is 43.9 Å². The van der Waals surface area contributed by atoms with Gasteiger partial charge in [0.05, 0.1) is 12.1 Å². The lowest BCUT2D eigenvalue weighted by Gasteiger charge is -2.32. The zero-order chi connectivity index (χ0) is 19.5. The second kappa shape index (κ2) is 7.88. The second-order valence-electron chi connectivity index (χ2n) is 7.19. The summed E-state index contributed by atoms with van der Waals surface area (Å²) in [5.74, 6) is 0.690. The smallest absolute Gasteiger partial charge is 0.420 e. The Morgan fingerprint density at radius 1 is 1.25 bits per heavy atom. The fourth-order valence-corrected chi connectivity index (χ4v) is 3.57. The Hall–Kier alpha value is -3.09. The van der Waals surface area contributed by atoms with E-state index < -0.39 is 5.76 Å². The van der Waals surface area contributed by atoms with Gasteiger partial charge in [0.15, 0.2) is 5.58 Å². The lowest BCUT2D eigenvalue weighted by molar-refractivity contribution is -0.133. The normalized spacial score (nSPS) is 15.1. The van der Waals surface area contributed by atoms with Crippen LogP contribution in [0.2, 0.25) is 0 Å². The summed E-state index contributed by atoms with van der Waals surface area (Å²) >= 11 is 0. The molecule has 146 valence electrons. The number of likely N-dealkylation sites (tertiary alicyclic amines) is 1. The summed E-state index contributed by atoms with van der Waals surface area (Å²) in [6, 6.07) is 10.9. The summed E-state index contributed by atoms with van der Waals surface area (Å²) in [4.78, 5) is 30.7. The van der Waals surface area contributed by atoms with Crippen LogP contribution in [0.25, 0.3) is 11.1 Å². The van der Waals surface area contributed by atoms with Crippen molar-refractivity contribution in [2.75, 3.05) is 19.7 Å². The molecule has 0 aliphatic carbocycles. The molecule has 0 spiro atoms. The van der Waals surface area contributed by atoms with E-state index in [1.165, 1.54) is 4.57 Å². The molecule has 1 saturated heterocycles. The third-order valence-corrected chi connectivity index (χ3v) is 5.19. The molecule has 1 aliphatic heterocycles. The van der Waals surface area contributed by atoms with Crippen LogP contribution in [-0.4, -0.2) is 40.1 Å². The molecule has 1 aliphatic rings. The standard InChI is InChI=1S/C21H23N3O4/c1-15-12-17(6-9-22-15)27-14-16-7-10-23(11-8-16)20(25)13-24-18-4-2-3-5-19(18)28-21(24)26/h2-6,9,12,16H,7-8,10-11,13-14H2,1H3. The molecular weight excluding hydrogens is 358 g/mol. The van der Waals surface area contributed by atoms with Gasteiger partial charge in [0.2, 0.25) is 5.91 Å². The molecule has 7 nitrogen and oxygen atoms in total. The summed E-state index contributed by atoms with van der Waals surface area (Å²) in [7, 11) is 0. The fourth-order valence-electron chi connectivity index (χ4n) is 3.57. The molecule has 3 heterocycles. The number of fused-ring (bicyclic) bond motifs is 1. The van der Waals surface area contributed by atoms with Gasteiger partial charge in [-0.2, -0.15) is 0 Å². The average molecular weight is 381 g/mol. The number of aryl methyl sites for hydroxylation is 1. The highest BCUT2D eigenvalue weighted by Gasteiger charge is 2.24. The third kappa shape index (κ3) is 3.93. The number of carbonyl (C=O) groups is 1. The quantitative estimate of drug-likeness (QED) is 0.679. The Kier molecular flexibility index (Phi) is 5.14. The molecule has 4 rings (SSSR count). The lowest BCUT2D eigenvalue weighted by atomic mass is 9.98. The second-order valence-corrected chi connectivity index (χ2v) is 7.19. The number of piperidine rings is 1. The van der Waals surface area contributed by atoms with Crippen molar-refractivity contribution in [1.82, 2.24) is 14.5 Å². The Balaban J connectivity index is 1.31. The number of carbonyl (C=O) groups excluding carboxylic acids is 1. The molecule has 7 heteroatoms. The molecular formula is C21H23N3O4. The first-order chi connectivity index (χ1) is 13.6. The number of ether oxygens (including phenoxy) is 1. The Morgan fingerprint density at radius 3 is 2.82 bits per heavy atom. The largest absolute Gasteiger partial charge is 0.493 e. The summed E-state index contributed by atoms with van der Waals surface area (Å²) in [6.45, 7) is 3.93. The van der Waals surface area contributed by atoms with Gasteiger partial charge in [-0.25, -0.2) is 4.79 Å². The maximum Gasteiger partial charge on any atom is 0.420 e. The number of hydrogen-bond acceptors (Lipinski definition) is 5. The number of nitrogens with zero attached hydrogens (tertiary/aromatic N) is 3. The number of benzene rings is 1. The van der Waals surface area contributed by atoms with Gasteiger partial charge in [0, 0.05) is 31.0 Å². The van der Waals surface area contributed by atoms with Crippen LogP contribution in [0.5, 0.6) is 5.75 Å². The topological polar surface area (TPSA) is 77.6 Å². The summed E-state index contributed by atoms with van der Waals surface area (Å²) < 4.78 is 12.5. The van der Waals surface area contributed by atoms with Gasteiger partial charge in [-0.1, -0.05) is 12.1 Å². The summed E-state index contributed by atoms with van der Waals surface area (Å²) in [5.41, 5.74) is 2.08. The van der Waals surface area contributed by atoms with E-state index in [2.05, 4.69) is 4.98 Å². The highest BCUT2D eigenvalue weighted by Crippen LogP contribution is 2.20. The zero-order valence-corrected chi connectivity index (χ0v) is 15.8. The molecule has 0 N–H and O–H groups in total. The molecule has 1 amide bonds. The van der Waals surface area contributed by atoms with E-state index in [4.69, 9.17) is 9.15 Å². The number of para-hydroxylation sites is 2. The van der Waals surface area contributed by atoms with Gasteiger partial charge in [0.1, 0.15) is 12.3 Å². The van der Waals surface area contributed by atoms with Gasteiger partial charge in [-0.3, -0.25) is 14.3 Å². The molecule has 0 bridgehead atoms. The van der Waals surface area contributed by atoms with Gasteiger partial charge < -0.3 is 14.1 Å². The summed E-state index contributed by atoms with van der Waals surface area (Å²) in [5, 5.41) is 0. The monoisotopic (exact) mass is 381 g/mol. The summed E-state index contributed by atoms with van der Waals surface area (Å²) in [6.07, 6.45) is 3.52. The van der Waals surface area contributed by atoms with E-state index in [1.807, 2.05) is 30.0 Å². The molecule has 2 aromatic heterocycles. The van der Waals surface area contributed by atoms with Crippen molar-refractivity contribution in [2.24, 2.45) is 5.92 Å². The van der Waals surface area contributed by atoms with Crippen LogP contribution in [-0.2, 0) is 11.3 Å². The van der Waals surface area contributed by atoms with Crippen molar-refractivity contribution < 1.29 is 13.9 Å². The minimum Gasteiger partial charge on any atom is -0.493 e. The van der Waals surface area contributed by atoms with Crippen LogP contribution in [0.4, 0.5) is 0 Å². The van der Waals surface area contributed by atoms with Crippen molar-refractivity contribution in [3.05, 3.63) is 58.8 Å². The van der Waals surface area contributed by atoms with E-state index in [0.29, 0.717) is 36.7 Å². The maximum absolute atomic E-state index is 12.7. The zero-order valence-electron chi connectivity index (χ0n) is 15.8. The molecule has 1 fully saturated rings. The maximum atomic E-state index is 12.7. The van der Waals surface area contributed by atoms with Gasteiger partial charge in [-0.15, -0.1) is 0 Å². The SMILES string of the molecule is Cc1cc(OCC2CCN(C(=O)Cn3c(=O)oc4ccccc43)CC2)ccn1. The first-order valence-electron chi connectivity index (χ1n) is 9.52. The number of oxazole rings is 1. The molecule has 0 saturated carbocycles. The van der Waals surface area contributed by atoms with Crippen LogP contribution >= 0.6 is 0 Å². The van der Waals surface area contributed by atoms with E-state index in [1.54, 1.807) is 24.4 Å². The molecule has 1 aromatic carbocycles. The first kappa shape index (κ1) is 18.3. The van der Waals surface area contributed by atoms with Crippen molar-refractivity contribution in [2.45, 2.75) is 26.3 Å². The van der Waals surface area contributed by atoms with Gasteiger partial charge in [0.25, 0.3) is 0 Å². The van der Waals surface area contributed by atoms with E-state index >= 15 is 0 Å². The number of rotatable bonds is 5. The van der Waals surface area contributed by atoms with Crippen LogP contribution < -0.4 is 10.5 Å². The molecule has 3 aromatic rings. The van der Waals surface area contributed by atoms with E-state index in [9.17, 15) is 9.59 Å². The lowest BCUT2D eigenvalue weighted by Crippen LogP contribution is -2.42. The van der Waals surface area contributed by atoms with Crippen molar-refractivity contribution in [3.8, 4) is 5.75 Å². The van der Waals surface area contributed by atoms with Crippen LogP contribution in [0.3, 0.4) is 0 Å². The van der Waals surface area contributed by atoms with Crippen molar-refractivity contribution in [1.29, 1.82) is 0 Å². The molecule has 0 unspecified atom stereocenters. The Labute approximate surface area is 162 Å². The highest BCUT2D eigenvalue weighted by atomic mass is 16.5. The molecule has 0 radical (unpaired) electrons. The van der Waals surface area contributed by atoms with E-state index in [-0.39, 0.29) is 12.5 Å².